The molecule has 0 aliphatic carbocycles. The number of nitrogens with zero attached hydrogens (tertiary/aromatic N) is 1. The first-order valence-corrected chi connectivity index (χ1v) is 6.54. The van der Waals surface area contributed by atoms with Gasteiger partial charge in [0.1, 0.15) is 17.1 Å². The molecular formula is C15H16N2O5. The Hall–Kier alpha value is -2.83. The third-order valence-electron chi connectivity index (χ3n) is 2.80. The average Bonchev–Trinajstić information content (AvgIpc) is 2.89. The van der Waals surface area contributed by atoms with Gasteiger partial charge in [0.05, 0.1) is 7.11 Å². The van der Waals surface area contributed by atoms with Crippen molar-refractivity contribution >= 4 is 17.7 Å². The van der Waals surface area contributed by atoms with E-state index < -0.39 is 18.5 Å². The number of nitrogens with one attached hydrogen (secondary N) is 1. The number of ether oxygens (including phenoxy) is 2. The number of aryl methyl sites for hydroxylation is 2. The van der Waals surface area contributed by atoms with Crippen LogP contribution in [0.3, 0.4) is 0 Å². The predicted molar refractivity (Wildman–Crippen MR) is 77.9 cm³/mol. The second kappa shape index (κ2) is 6.75. The molecule has 116 valence electrons. The zero-order valence-electron chi connectivity index (χ0n) is 12.5. The molecule has 7 heteroatoms. The molecule has 1 heterocycles. The number of benzene rings is 1. The molecule has 2 rings (SSSR count). The molecule has 2 aromatic rings. The Morgan fingerprint density at radius 3 is 2.68 bits per heavy atom. The van der Waals surface area contributed by atoms with Crippen LogP contribution in [0, 0.1) is 13.8 Å². The van der Waals surface area contributed by atoms with Crippen LogP contribution in [0.15, 0.2) is 28.8 Å². The van der Waals surface area contributed by atoms with Gasteiger partial charge in [-0.2, -0.15) is 0 Å². The van der Waals surface area contributed by atoms with E-state index >= 15 is 0 Å². The van der Waals surface area contributed by atoms with Gasteiger partial charge in [-0.15, -0.1) is 0 Å². The molecule has 0 saturated carbocycles. The van der Waals surface area contributed by atoms with Crippen LogP contribution in [0.1, 0.15) is 21.7 Å². The highest BCUT2D eigenvalue weighted by Gasteiger charge is 2.16. The lowest BCUT2D eigenvalue weighted by Gasteiger charge is -2.09. The number of amides is 1. The molecule has 1 amide bonds. The quantitative estimate of drug-likeness (QED) is 0.851. The molecule has 0 fully saturated rings. The van der Waals surface area contributed by atoms with Gasteiger partial charge in [-0.3, -0.25) is 4.79 Å². The van der Waals surface area contributed by atoms with Crippen molar-refractivity contribution in [2.45, 2.75) is 13.8 Å². The Morgan fingerprint density at radius 2 is 2.05 bits per heavy atom. The fourth-order valence-corrected chi connectivity index (χ4v) is 1.79. The first-order chi connectivity index (χ1) is 10.5. The molecule has 0 aliphatic heterocycles. The summed E-state index contributed by atoms with van der Waals surface area (Å²) in [4.78, 5) is 23.7. The molecule has 0 atom stereocenters. The second-order valence-corrected chi connectivity index (χ2v) is 4.65. The van der Waals surface area contributed by atoms with E-state index in [1.165, 1.54) is 7.11 Å². The van der Waals surface area contributed by atoms with E-state index in [0.29, 0.717) is 11.5 Å². The van der Waals surface area contributed by atoms with Crippen molar-refractivity contribution in [2.75, 3.05) is 19.0 Å². The van der Waals surface area contributed by atoms with Crippen LogP contribution in [0.4, 0.5) is 5.82 Å². The summed E-state index contributed by atoms with van der Waals surface area (Å²) in [5.41, 5.74) is 1.16. The number of hydrogen-bond acceptors (Lipinski definition) is 6. The van der Waals surface area contributed by atoms with Gasteiger partial charge in [0.25, 0.3) is 5.91 Å². The van der Waals surface area contributed by atoms with Gasteiger partial charge in [-0.05, 0) is 26.0 Å². The van der Waals surface area contributed by atoms with Gasteiger partial charge >= 0.3 is 5.97 Å². The standard InChI is InChI=1S/C15H16N2O5/c1-9-4-5-12(20-3)11(6-9)15(19)21-8-14(18)16-13-7-10(2)22-17-13/h4-7H,8H2,1-3H3,(H,16,17,18). The van der Waals surface area contributed by atoms with E-state index in [-0.39, 0.29) is 11.4 Å². The number of aromatic nitrogens is 1. The highest BCUT2D eigenvalue weighted by Crippen LogP contribution is 2.20. The van der Waals surface area contributed by atoms with Crippen LogP contribution in [-0.4, -0.2) is 30.7 Å². The Labute approximate surface area is 127 Å². The summed E-state index contributed by atoms with van der Waals surface area (Å²) in [6, 6.07) is 6.68. The number of carbonyl (C=O) groups is 2. The second-order valence-electron chi connectivity index (χ2n) is 4.65. The summed E-state index contributed by atoms with van der Waals surface area (Å²) < 4.78 is 14.9. The third-order valence-corrected chi connectivity index (χ3v) is 2.80. The van der Waals surface area contributed by atoms with Crippen molar-refractivity contribution in [3.63, 3.8) is 0 Å². The van der Waals surface area contributed by atoms with Crippen molar-refractivity contribution in [1.82, 2.24) is 5.16 Å². The Kier molecular flexibility index (Phi) is 4.77. The largest absolute Gasteiger partial charge is 0.496 e. The van der Waals surface area contributed by atoms with Crippen molar-refractivity contribution in [1.29, 1.82) is 0 Å². The van der Waals surface area contributed by atoms with Crippen LogP contribution in [0.5, 0.6) is 5.75 Å². The lowest BCUT2D eigenvalue weighted by Crippen LogP contribution is -2.21. The van der Waals surface area contributed by atoms with E-state index in [0.717, 1.165) is 5.56 Å². The van der Waals surface area contributed by atoms with Gasteiger partial charge in [0.2, 0.25) is 0 Å². The topological polar surface area (TPSA) is 90.7 Å². The van der Waals surface area contributed by atoms with Crippen molar-refractivity contribution < 1.29 is 23.6 Å². The molecule has 0 radical (unpaired) electrons. The summed E-state index contributed by atoms with van der Waals surface area (Å²) in [5.74, 6) is 0.0897. The molecule has 0 unspecified atom stereocenters. The first-order valence-electron chi connectivity index (χ1n) is 6.54. The smallest absolute Gasteiger partial charge is 0.342 e. The lowest BCUT2D eigenvalue weighted by atomic mass is 10.1. The monoisotopic (exact) mass is 304 g/mol. The molecule has 1 aromatic carbocycles. The van der Waals surface area contributed by atoms with Crippen LogP contribution in [-0.2, 0) is 9.53 Å². The van der Waals surface area contributed by atoms with Crippen molar-refractivity contribution in [3.05, 3.63) is 41.2 Å². The van der Waals surface area contributed by atoms with Gasteiger partial charge in [0.15, 0.2) is 12.4 Å². The molecule has 0 bridgehead atoms. The van der Waals surface area contributed by atoms with Crippen molar-refractivity contribution in [2.24, 2.45) is 0 Å². The Morgan fingerprint density at radius 1 is 1.27 bits per heavy atom. The molecule has 0 spiro atoms. The van der Waals surface area contributed by atoms with E-state index in [9.17, 15) is 9.59 Å². The third kappa shape index (κ3) is 3.85. The Bertz CT molecular complexity index is 693. The molecule has 0 aliphatic rings. The number of carbonyl (C=O) groups excluding carboxylic acids is 2. The minimum absolute atomic E-state index is 0.270. The summed E-state index contributed by atoms with van der Waals surface area (Å²) in [5, 5.41) is 6.07. The SMILES string of the molecule is COc1ccc(C)cc1C(=O)OCC(=O)Nc1cc(C)on1. The zero-order chi connectivity index (χ0) is 16.1. The van der Waals surface area contributed by atoms with Crippen molar-refractivity contribution in [3.8, 4) is 5.75 Å². The van der Waals surface area contributed by atoms with Crippen LogP contribution >= 0.6 is 0 Å². The van der Waals surface area contributed by atoms with E-state index in [1.807, 2.05) is 13.0 Å². The summed E-state index contributed by atoms with van der Waals surface area (Å²) in [7, 11) is 1.46. The minimum Gasteiger partial charge on any atom is -0.496 e. The number of hydrogen-bond donors (Lipinski definition) is 1. The minimum atomic E-state index is -0.632. The molecule has 1 aromatic heterocycles. The number of methoxy groups -OCH3 is 1. The molecule has 7 nitrogen and oxygen atoms in total. The normalized spacial score (nSPS) is 10.1. The fourth-order valence-electron chi connectivity index (χ4n) is 1.79. The lowest BCUT2D eigenvalue weighted by molar-refractivity contribution is -0.119. The Balaban J connectivity index is 1.95. The maximum atomic E-state index is 12.0. The first kappa shape index (κ1) is 15.6. The summed E-state index contributed by atoms with van der Waals surface area (Å²) >= 11 is 0. The van der Waals surface area contributed by atoms with E-state index in [1.54, 1.807) is 25.1 Å². The van der Waals surface area contributed by atoms with Gasteiger partial charge < -0.3 is 19.3 Å². The van der Waals surface area contributed by atoms with Crippen LogP contribution in [0.2, 0.25) is 0 Å². The van der Waals surface area contributed by atoms with E-state index in [4.69, 9.17) is 14.0 Å². The number of esters is 1. The highest BCUT2D eigenvalue weighted by molar-refractivity contribution is 5.96. The highest BCUT2D eigenvalue weighted by atomic mass is 16.5. The molecular weight excluding hydrogens is 288 g/mol. The zero-order valence-corrected chi connectivity index (χ0v) is 12.5. The van der Waals surface area contributed by atoms with E-state index in [2.05, 4.69) is 10.5 Å². The predicted octanol–water partition coefficient (Wildman–Crippen LogP) is 2.10. The molecule has 1 N–H and O–H groups in total. The van der Waals surface area contributed by atoms with Crippen LogP contribution < -0.4 is 10.1 Å². The van der Waals surface area contributed by atoms with Crippen LogP contribution in [0.25, 0.3) is 0 Å². The van der Waals surface area contributed by atoms with Gasteiger partial charge in [-0.1, -0.05) is 16.8 Å². The van der Waals surface area contributed by atoms with Gasteiger partial charge in [-0.25, -0.2) is 4.79 Å². The molecule has 22 heavy (non-hydrogen) atoms. The fraction of sp³-hybridized carbons (Fsp3) is 0.267. The summed E-state index contributed by atoms with van der Waals surface area (Å²) in [6.07, 6.45) is 0. The number of rotatable bonds is 5. The molecule has 0 saturated heterocycles. The number of anilines is 1. The summed E-state index contributed by atoms with van der Waals surface area (Å²) in [6.45, 7) is 3.12. The average molecular weight is 304 g/mol. The maximum Gasteiger partial charge on any atom is 0.342 e. The maximum absolute atomic E-state index is 12.0. The van der Waals surface area contributed by atoms with Gasteiger partial charge in [0, 0.05) is 6.07 Å².